The highest BCUT2D eigenvalue weighted by molar-refractivity contribution is 4.88. The first kappa shape index (κ1) is 9.84. The lowest BCUT2D eigenvalue weighted by molar-refractivity contribution is -0.139. The first-order valence-electron chi connectivity index (χ1n) is 4.09. The van der Waals surface area contributed by atoms with Crippen LogP contribution < -0.4 is 5.32 Å². The average molecular weight is 181 g/mol. The number of hydrogen-bond acceptors (Lipinski definition) is 1. The van der Waals surface area contributed by atoms with Crippen molar-refractivity contribution in [1.29, 1.82) is 0 Å². The second-order valence-electron chi connectivity index (χ2n) is 4.27. The quantitative estimate of drug-likeness (QED) is 0.654. The molecule has 0 bridgehead atoms. The van der Waals surface area contributed by atoms with Gasteiger partial charge in [0.15, 0.2) is 0 Å². The van der Waals surface area contributed by atoms with Gasteiger partial charge in [-0.3, -0.25) is 0 Å². The third kappa shape index (κ3) is 3.01. The molecule has 0 amide bonds. The fourth-order valence-electron chi connectivity index (χ4n) is 1.66. The number of halogens is 3. The summed E-state index contributed by atoms with van der Waals surface area (Å²) in [5, 5.41) is 2.88. The fourth-order valence-corrected chi connectivity index (χ4v) is 1.66. The van der Waals surface area contributed by atoms with E-state index in [0.717, 1.165) is 0 Å². The van der Waals surface area contributed by atoms with Crippen LogP contribution in [0.25, 0.3) is 0 Å². The summed E-state index contributed by atoms with van der Waals surface area (Å²) in [6, 6.07) is -0.375. The zero-order valence-electron chi connectivity index (χ0n) is 7.33. The molecule has 4 heteroatoms. The van der Waals surface area contributed by atoms with Crippen molar-refractivity contribution in [3.8, 4) is 0 Å². The van der Waals surface area contributed by atoms with Crippen LogP contribution in [0.5, 0.6) is 0 Å². The van der Waals surface area contributed by atoms with Gasteiger partial charge >= 0.3 is 6.18 Å². The van der Waals surface area contributed by atoms with Gasteiger partial charge in [0.1, 0.15) is 0 Å². The molecule has 0 radical (unpaired) electrons. The molecule has 1 atom stereocenters. The fraction of sp³-hybridized carbons (Fsp3) is 1.00. The van der Waals surface area contributed by atoms with E-state index < -0.39 is 12.6 Å². The summed E-state index contributed by atoms with van der Waals surface area (Å²) in [6.07, 6.45) is -4.11. The van der Waals surface area contributed by atoms with Gasteiger partial charge in [-0.15, -0.1) is 0 Å². The third-order valence-corrected chi connectivity index (χ3v) is 2.15. The zero-order valence-corrected chi connectivity index (χ0v) is 7.33. The van der Waals surface area contributed by atoms with Crippen molar-refractivity contribution >= 4 is 0 Å². The standard InChI is InChI=1S/C8H14F3N/c1-7(2)3-6(12-5-7)4-8(9,10)11/h6,12H,3-5H2,1-2H3. The Morgan fingerprint density at radius 2 is 2.00 bits per heavy atom. The molecule has 1 rings (SSSR count). The summed E-state index contributed by atoms with van der Waals surface area (Å²) in [7, 11) is 0. The first-order valence-corrected chi connectivity index (χ1v) is 4.09. The number of rotatable bonds is 1. The van der Waals surface area contributed by atoms with Crippen molar-refractivity contribution in [2.45, 2.75) is 38.9 Å². The van der Waals surface area contributed by atoms with E-state index in [9.17, 15) is 13.2 Å². The normalized spacial score (nSPS) is 29.2. The Balaban J connectivity index is 2.39. The molecule has 72 valence electrons. The lowest BCUT2D eigenvalue weighted by Gasteiger charge is -2.16. The van der Waals surface area contributed by atoms with Gasteiger partial charge in [0.2, 0.25) is 0 Å². The van der Waals surface area contributed by atoms with Crippen molar-refractivity contribution in [2.75, 3.05) is 6.54 Å². The third-order valence-electron chi connectivity index (χ3n) is 2.15. The summed E-state index contributed by atoms with van der Waals surface area (Å²) >= 11 is 0. The molecule has 0 aromatic carbocycles. The van der Waals surface area contributed by atoms with Crippen molar-refractivity contribution < 1.29 is 13.2 Å². The van der Waals surface area contributed by atoms with Crippen LogP contribution in [0.1, 0.15) is 26.7 Å². The predicted molar refractivity (Wildman–Crippen MR) is 40.9 cm³/mol. The highest BCUT2D eigenvalue weighted by Gasteiger charge is 2.38. The Kier molecular flexibility index (Phi) is 2.38. The van der Waals surface area contributed by atoms with E-state index >= 15 is 0 Å². The van der Waals surface area contributed by atoms with Gasteiger partial charge in [0.05, 0.1) is 6.42 Å². The van der Waals surface area contributed by atoms with Crippen molar-refractivity contribution in [3.63, 3.8) is 0 Å². The smallest absolute Gasteiger partial charge is 0.313 e. The minimum atomic E-state index is -4.03. The lowest BCUT2D eigenvalue weighted by Crippen LogP contribution is -2.27. The summed E-state index contributed by atoms with van der Waals surface area (Å²) in [4.78, 5) is 0. The van der Waals surface area contributed by atoms with Crippen molar-refractivity contribution in [3.05, 3.63) is 0 Å². The molecule has 1 heterocycles. The zero-order chi connectivity index (χ0) is 9.41. The molecular weight excluding hydrogens is 167 g/mol. The summed E-state index contributed by atoms with van der Waals surface area (Å²) in [6.45, 7) is 4.65. The SMILES string of the molecule is CC1(C)CNC(CC(F)(F)F)C1. The van der Waals surface area contributed by atoms with Crippen LogP contribution in [0.4, 0.5) is 13.2 Å². The van der Waals surface area contributed by atoms with Gasteiger partial charge in [0.25, 0.3) is 0 Å². The van der Waals surface area contributed by atoms with Crippen LogP contribution in [-0.4, -0.2) is 18.8 Å². The maximum atomic E-state index is 11.9. The molecule has 1 saturated heterocycles. The minimum absolute atomic E-state index is 0.0237. The van der Waals surface area contributed by atoms with E-state index in [-0.39, 0.29) is 11.5 Å². The molecule has 1 fully saturated rings. The van der Waals surface area contributed by atoms with Crippen molar-refractivity contribution in [2.24, 2.45) is 5.41 Å². The van der Waals surface area contributed by atoms with Crippen LogP contribution in [0.3, 0.4) is 0 Å². The molecule has 0 spiro atoms. The molecule has 1 aliphatic heterocycles. The maximum Gasteiger partial charge on any atom is 0.390 e. The molecule has 1 N–H and O–H groups in total. The Labute approximate surface area is 70.3 Å². The Bertz CT molecular complexity index is 162. The van der Waals surface area contributed by atoms with E-state index in [1.807, 2.05) is 13.8 Å². The lowest BCUT2D eigenvalue weighted by atomic mass is 9.90. The van der Waals surface area contributed by atoms with Crippen LogP contribution in [0.2, 0.25) is 0 Å². The maximum absolute atomic E-state index is 11.9. The van der Waals surface area contributed by atoms with E-state index in [2.05, 4.69) is 5.32 Å². The molecular formula is C8H14F3N. The average Bonchev–Trinajstić information content (AvgIpc) is 2.05. The second kappa shape index (κ2) is 2.91. The van der Waals surface area contributed by atoms with Gasteiger partial charge in [0, 0.05) is 12.6 Å². The summed E-state index contributed by atoms with van der Waals surface area (Å²) in [5.74, 6) is 0. The molecule has 1 aliphatic rings. The second-order valence-corrected chi connectivity index (χ2v) is 4.27. The first-order chi connectivity index (χ1) is 5.29. The number of nitrogens with one attached hydrogen (secondary N) is 1. The topological polar surface area (TPSA) is 12.0 Å². The summed E-state index contributed by atoms with van der Waals surface area (Å²) in [5.41, 5.74) is 0.0237. The molecule has 1 unspecified atom stereocenters. The van der Waals surface area contributed by atoms with E-state index in [1.165, 1.54) is 0 Å². The molecule has 0 saturated carbocycles. The van der Waals surface area contributed by atoms with Crippen LogP contribution >= 0.6 is 0 Å². The van der Waals surface area contributed by atoms with Gasteiger partial charge in [-0.2, -0.15) is 13.2 Å². The molecule has 0 aliphatic carbocycles. The molecule has 1 nitrogen and oxygen atoms in total. The highest BCUT2D eigenvalue weighted by Crippen LogP contribution is 2.32. The molecule has 12 heavy (non-hydrogen) atoms. The van der Waals surface area contributed by atoms with E-state index in [1.54, 1.807) is 0 Å². The summed E-state index contributed by atoms with van der Waals surface area (Å²) < 4.78 is 35.8. The van der Waals surface area contributed by atoms with Crippen LogP contribution in [0, 0.1) is 5.41 Å². The number of hydrogen-bond donors (Lipinski definition) is 1. The van der Waals surface area contributed by atoms with Crippen LogP contribution in [0.15, 0.2) is 0 Å². The van der Waals surface area contributed by atoms with Gasteiger partial charge in [-0.05, 0) is 11.8 Å². The Morgan fingerprint density at radius 1 is 1.42 bits per heavy atom. The monoisotopic (exact) mass is 181 g/mol. The van der Waals surface area contributed by atoms with Crippen molar-refractivity contribution in [1.82, 2.24) is 5.32 Å². The number of alkyl halides is 3. The van der Waals surface area contributed by atoms with Gasteiger partial charge < -0.3 is 5.32 Å². The van der Waals surface area contributed by atoms with E-state index in [0.29, 0.717) is 13.0 Å². The van der Waals surface area contributed by atoms with Gasteiger partial charge in [-0.1, -0.05) is 13.8 Å². The largest absolute Gasteiger partial charge is 0.390 e. The predicted octanol–water partition coefficient (Wildman–Crippen LogP) is 2.33. The Hall–Kier alpha value is -0.250. The van der Waals surface area contributed by atoms with Crippen LogP contribution in [-0.2, 0) is 0 Å². The van der Waals surface area contributed by atoms with E-state index in [4.69, 9.17) is 0 Å². The minimum Gasteiger partial charge on any atom is -0.313 e. The highest BCUT2D eigenvalue weighted by atomic mass is 19.4. The van der Waals surface area contributed by atoms with Gasteiger partial charge in [-0.25, -0.2) is 0 Å². The molecule has 0 aromatic heterocycles. The molecule has 0 aromatic rings. The Morgan fingerprint density at radius 3 is 2.33 bits per heavy atom.